The highest BCUT2D eigenvalue weighted by atomic mass is 32.2. The smallest absolute Gasteiger partial charge is 0.200 e. The molecule has 0 amide bonds. The summed E-state index contributed by atoms with van der Waals surface area (Å²) in [6, 6.07) is 26.5. The zero-order valence-corrected chi connectivity index (χ0v) is 14.9. The van der Waals surface area contributed by atoms with Gasteiger partial charge >= 0.3 is 0 Å². The van der Waals surface area contributed by atoms with Crippen molar-refractivity contribution >= 4 is 15.4 Å². The summed E-state index contributed by atoms with van der Waals surface area (Å²) in [5.41, 5.74) is 3.82. The number of aryl methyl sites for hydroxylation is 1. The van der Waals surface area contributed by atoms with E-state index in [4.69, 9.17) is 0 Å². The third kappa shape index (κ3) is 4.46. The van der Waals surface area contributed by atoms with Crippen molar-refractivity contribution < 1.29 is 8.42 Å². The molecule has 0 N–H and O–H groups in total. The third-order valence-electron chi connectivity index (χ3n) is 4.03. The Bertz CT molecular complexity index is 956. The van der Waals surface area contributed by atoms with Gasteiger partial charge in [0.15, 0.2) is 9.84 Å². The second kappa shape index (κ2) is 7.49. The first-order chi connectivity index (χ1) is 12.0. The monoisotopic (exact) mass is 348 g/mol. The summed E-state index contributed by atoms with van der Waals surface area (Å²) in [5, 5.41) is 1.40. The molecule has 0 aliphatic heterocycles. The van der Waals surface area contributed by atoms with Crippen molar-refractivity contribution in [3.63, 3.8) is 0 Å². The Morgan fingerprint density at radius 3 is 1.96 bits per heavy atom. The molecular weight excluding hydrogens is 328 g/mol. The predicted molar refractivity (Wildman–Crippen MR) is 103 cm³/mol. The summed E-state index contributed by atoms with van der Waals surface area (Å²) in [5.74, 6) is 0. The van der Waals surface area contributed by atoms with Crippen LogP contribution in [0.15, 0.2) is 95.2 Å². The first-order valence-corrected chi connectivity index (χ1v) is 9.71. The van der Waals surface area contributed by atoms with Gasteiger partial charge in [-0.3, -0.25) is 0 Å². The molecule has 0 atom stereocenters. The zero-order chi connectivity index (χ0) is 17.7. The van der Waals surface area contributed by atoms with Crippen molar-refractivity contribution in [3.8, 4) is 0 Å². The molecule has 0 fully saturated rings. The molecule has 0 spiro atoms. The van der Waals surface area contributed by atoms with Crippen molar-refractivity contribution in [2.75, 3.05) is 0 Å². The molecule has 0 bridgehead atoms. The fraction of sp³-hybridized carbons (Fsp3) is 0.0909. The van der Waals surface area contributed by atoms with Crippen LogP contribution in [0.5, 0.6) is 0 Å². The molecule has 0 aliphatic carbocycles. The summed E-state index contributed by atoms with van der Waals surface area (Å²) in [7, 11) is -3.51. The molecule has 0 aliphatic rings. The summed E-state index contributed by atoms with van der Waals surface area (Å²) in [4.78, 5) is 0.319. The lowest BCUT2D eigenvalue weighted by Gasteiger charge is -2.09. The maximum Gasteiger partial charge on any atom is 0.200 e. The second-order valence-corrected chi connectivity index (χ2v) is 7.83. The fourth-order valence-electron chi connectivity index (χ4n) is 2.66. The molecule has 3 rings (SSSR count). The molecule has 126 valence electrons. The lowest BCUT2D eigenvalue weighted by molar-refractivity contribution is 0.604. The van der Waals surface area contributed by atoms with E-state index in [1.165, 1.54) is 5.41 Å². The van der Waals surface area contributed by atoms with Gasteiger partial charge in [-0.25, -0.2) is 8.42 Å². The first kappa shape index (κ1) is 17.2. The van der Waals surface area contributed by atoms with E-state index < -0.39 is 9.84 Å². The largest absolute Gasteiger partial charge is 0.219 e. The molecule has 3 aromatic rings. The minimum atomic E-state index is -3.51. The van der Waals surface area contributed by atoms with E-state index in [1.807, 2.05) is 79.7 Å². The summed E-state index contributed by atoms with van der Waals surface area (Å²) < 4.78 is 25.7. The number of hydrogen-bond donors (Lipinski definition) is 0. The average Bonchev–Trinajstić information content (AvgIpc) is 2.63. The lowest BCUT2D eigenvalue weighted by Crippen LogP contribution is -2.00. The van der Waals surface area contributed by atoms with E-state index in [1.54, 1.807) is 12.1 Å². The highest BCUT2D eigenvalue weighted by molar-refractivity contribution is 7.94. The van der Waals surface area contributed by atoms with Gasteiger partial charge in [-0.2, -0.15) is 0 Å². The van der Waals surface area contributed by atoms with Gasteiger partial charge in [-0.15, -0.1) is 0 Å². The van der Waals surface area contributed by atoms with Gasteiger partial charge in [0, 0.05) is 5.41 Å². The van der Waals surface area contributed by atoms with Crippen molar-refractivity contribution in [1.29, 1.82) is 0 Å². The first-order valence-electron chi connectivity index (χ1n) is 8.16. The molecule has 25 heavy (non-hydrogen) atoms. The van der Waals surface area contributed by atoms with Gasteiger partial charge < -0.3 is 0 Å². The molecule has 3 aromatic carbocycles. The Kier molecular flexibility index (Phi) is 5.15. The van der Waals surface area contributed by atoms with Crippen molar-refractivity contribution in [2.24, 2.45) is 0 Å². The van der Waals surface area contributed by atoms with Gasteiger partial charge in [0.25, 0.3) is 0 Å². The van der Waals surface area contributed by atoms with E-state index in [-0.39, 0.29) is 0 Å². The Morgan fingerprint density at radius 1 is 0.800 bits per heavy atom. The Labute approximate surface area is 149 Å². The van der Waals surface area contributed by atoms with E-state index >= 15 is 0 Å². The minimum absolute atomic E-state index is 0.319. The van der Waals surface area contributed by atoms with Crippen LogP contribution < -0.4 is 0 Å². The molecule has 0 saturated heterocycles. The summed E-state index contributed by atoms with van der Waals surface area (Å²) in [6.45, 7) is 1.94. The molecule has 2 nitrogen and oxygen atoms in total. The molecule has 0 unspecified atom stereocenters. The van der Waals surface area contributed by atoms with Crippen LogP contribution in [0.25, 0.3) is 5.57 Å². The number of hydrogen-bond acceptors (Lipinski definition) is 2. The number of benzene rings is 3. The maximum absolute atomic E-state index is 12.8. The molecule has 0 heterocycles. The van der Waals surface area contributed by atoms with Gasteiger partial charge in [-0.1, -0.05) is 78.4 Å². The van der Waals surface area contributed by atoms with E-state index in [9.17, 15) is 8.42 Å². The molecular formula is C22H20O2S. The number of allylic oxidation sites excluding steroid dienone is 1. The van der Waals surface area contributed by atoms with Gasteiger partial charge in [0.2, 0.25) is 0 Å². The molecule has 0 radical (unpaired) electrons. The average molecular weight is 348 g/mol. The summed E-state index contributed by atoms with van der Waals surface area (Å²) >= 11 is 0. The van der Waals surface area contributed by atoms with Gasteiger partial charge in [0.05, 0.1) is 4.90 Å². The molecule has 0 aromatic heterocycles. The van der Waals surface area contributed by atoms with Crippen LogP contribution in [-0.2, 0) is 16.3 Å². The third-order valence-corrected chi connectivity index (χ3v) is 5.55. The van der Waals surface area contributed by atoms with Crippen molar-refractivity contribution in [3.05, 3.63) is 107 Å². The quantitative estimate of drug-likeness (QED) is 0.646. The molecule has 0 saturated carbocycles. The van der Waals surface area contributed by atoms with Crippen LogP contribution in [0, 0.1) is 6.92 Å². The van der Waals surface area contributed by atoms with E-state index in [0.717, 1.165) is 22.3 Å². The summed E-state index contributed by atoms with van der Waals surface area (Å²) in [6.07, 6.45) is 0.565. The highest BCUT2D eigenvalue weighted by Crippen LogP contribution is 2.24. The zero-order valence-electron chi connectivity index (χ0n) is 14.1. The SMILES string of the molecule is Cc1ccc(S(=O)(=O)/C=C(\Cc2ccccc2)c2ccccc2)cc1. The van der Waals surface area contributed by atoms with Crippen LogP contribution in [-0.4, -0.2) is 8.42 Å². The van der Waals surface area contributed by atoms with Crippen LogP contribution >= 0.6 is 0 Å². The van der Waals surface area contributed by atoms with Crippen molar-refractivity contribution in [2.45, 2.75) is 18.2 Å². The Morgan fingerprint density at radius 2 is 1.36 bits per heavy atom. The predicted octanol–water partition coefficient (Wildman–Crippen LogP) is 5.05. The fourth-order valence-corrected chi connectivity index (χ4v) is 3.91. The van der Waals surface area contributed by atoms with E-state index in [0.29, 0.717) is 11.3 Å². The number of sulfone groups is 1. The standard InChI is InChI=1S/C22H20O2S/c1-18-12-14-22(15-13-18)25(23,24)17-21(20-10-6-3-7-11-20)16-19-8-4-2-5-9-19/h2-15,17H,16H2,1H3/b21-17+. The van der Waals surface area contributed by atoms with E-state index in [2.05, 4.69) is 0 Å². The normalized spacial score (nSPS) is 12.1. The van der Waals surface area contributed by atoms with Gasteiger partial charge in [-0.05, 0) is 42.2 Å². The highest BCUT2D eigenvalue weighted by Gasteiger charge is 2.14. The van der Waals surface area contributed by atoms with Crippen molar-refractivity contribution in [1.82, 2.24) is 0 Å². The Hall–Kier alpha value is -2.65. The maximum atomic E-state index is 12.8. The van der Waals surface area contributed by atoms with Crippen LogP contribution in [0.3, 0.4) is 0 Å². The minimum Gasteiger partial charge on any atom is -0.219 e. The molecule has 3 heteroatoms. The van der Waals surface area contributed by atoms with Crippen LogP contribution in [0.2, 0.25) is 0 Å². The second-order valence-electron chi connectivity index (χ2n) is 6.03. The van der Waals surface area contributed by atoms with Crippen LogP contribution in [0.1, 0.15) is 16.7 Å². The lowest BCUT2D eigenvalue weighted by atomic mass is 10.00. The Balaban J connectivity index is 2.04. The number of rotatable bonds is 5. The topological polar surface area (TPSA) is 34.1 Å². The van der Waals surface area contributed by atoms with Crippen LogP contribution in [0.4, 0.5) is 0 Å². The van der Waals surface area contributed by atoms with Gasteiger partial charge in [0.1, 0.15) is 0 Å².